The lowest BCUT2D eigenvalue weighted by molar-refractivity contribution is -0.275. The Morgan fingerprint density at radius 1 is 1.06 bits per heavy atom. The molecule has 1 aromatic heterocycles. The standard InChI is InChI=1S/C18H14F3N3O5S2/c19-18(20,21)29-15-4-2-1-3-14(15)28-11-16(25)23-12-5-7-13(8-6-12)31(26,27)24-17-22-9-10-30-17/h1-10H,11H2,(H,22,24)(H,23,25). The average molecular weight is 473 g/mol. The Morgan fingerprint density at radius 2 is 1.74 bits per heavy atom. The second kappa shape index (κ2) is 9.22. The van der Waals surface area contributed by atoms with Crippen LogP contribution < -0.4 is 19.5 Å². The molecule has 0 radical (unpaired) electrons. The van der Waals surface area contributed by atoms with Crippen molar-refractivity contribution < 1.29 is 35.9 Å². The molecule has 0 saturated carbocycles. The van der Waals surface area contributed by atoms with Crippen molar-refractivity contribution in [2.75, 3.05) is 16.6 Å². The number of amides is 1. The normalized spacial score (nSPS) is 11.6. The van der Waals surface area contributed by atoms with Crippen LogP contribution in [0.5, 0.6) is 11.5 Å². The lowest BCUT2D eigenvalue weighted by Crippen LogP contribution is -2.21. The number of halogens is 3. The summed E-state index contributed by atoms with van der Waals surface area (Å²) < 4.78 is 73.1. The van der Waals surface area contributed by atoms with Gasteiger partial charge in [0.15, 0.2) is 23.2 Å². The molecular formula is C18H14F3N3O5S2. The van der Waals surface area contributed by atoms with Crippen LogP contribution in [-0.4, -0.2) is 32.3 Å². The number of thiazole rings is 1. The van der Waals surface area contributed by atoms with Gasteiger partial charge in [0, 0.05) is 17.3 Å². The lowest BCUT2D eigenvalue weighted by Gasteiger charge is -2.14. The number of hydrogen-bond acceptors (Lipinski definition) is 7. The highest BCUT2D eigenvalue weighted by molar-refractivity contribution is 7.93. The van der Waals surface area contributed by atoms with Crippen LogP contribution in [0.1, 0.15) is 0 Å². The van der Waals surface area contributed by atoms with Gasteiger partial charge in [0.05, 0.1) is 4.90 Å². The van der Waals surface area contributed by atoms with Gasteiger partial charge < -0.3 is 14.8 Å². The number of ether oxygens (including phenoxy) is 2. The Morgan fingerprint density at radius 3 is 2.35 bits per heavy atom. The lowest BCUT2D eigenvalue weighted by atomic mass is 10.3. The van der Waals surface area contributed by atoms with Crippen LogP contribution in [-0.2, 0) is 14.8 Å². The maximum absolute atomic E-state index is 12.4. The summed E-state index contributed by atoms with van der Waals surface area (Å²) in [6, 6.07) is 10.3. The number of aromatic nitrogens is 1. The molecule has 0 saturated heterocycles. The van der Waals surface area contributed by atoms with Crippen molar-refractivity contribution in [3.8, 4) is 11.5 Å². The monoisotopic (exact) mass is 473 g/mol. The predicted octanol–water partition coefficient (Wildman–Crippen LogP) is 3.86. The highest BCUT2D eigenvalue weighted by atomic mass is 32.2. The van der Waals surface area contributed by atoms with Gasteiger partial charge in [0.25, 0.3) is 15.9 Å². The Bertz CT molecular complexity index is 1140. The van der Waals surface area contributed by atoms with Gasteiger partial charge in [-0.05, 0) is 36.4 Å². The fraction of sp³-hybridized carbons (Fsp3) is 0.111. The molecule has 0 bridgehead atoms. The largest absolute Gasteiger partial charge is 0.573 e. The zero-order chi connectivity index (χ0) is 22.5. The quantitative estimate of drug-likeness (QED) is 0.515. The van der Waals surface area contributed by atoms with E-state index >= 15 is 0 Å². The molecule has 0 spiro atoms. The fourth-order valence-electron chi connectivity index (χ4n) is 2.28. The Balaban J connectivity index is 1.58. The number of benzene rings is 2. The summed E-state index contributed by atoms with van der Waals surface area (Å²) in [7, 11) is -3.84. The summed E-state index contributed by atoms with van der Waals surface area (Å²) >= 11 is 1.12. The third-order valence-corrected chi connectivity index (χ3v) is 5.71. The second-order valence-corrected chi connectivity index (χ2v) is 8.38. The van der Waals surface area contributed by atoms with Crippen molar-refractivity contribution in [2.45, 2.75) is 11.3 Å². The van der Waals surface area contributed by atoms with Crippen LogP contribution in [0, 0.1) is 0 Å². The van der Waals surface area contributed by atoms with Crippen molar-refractivity contribution in [3.63, 3.8) is 0 Å². The molecular weight excluding hydrogens is 459 g/mol. The summed E-state index contributed by atoms with van der Waals surface area (Å²) in [4.78, 5) is 15.8. The summed E-state index contributed by atoms with van der Waals surface area (Å²) in [6.45, 7) is -0.593. The number of alkyl halides is 3. The molecule has 3 aromatic rings. The molecule has 2 aromatic carbocycles. The first-order valence-electron chi connectivity index (χ1n) is 8.42. The van der Waals surface area contributed by atoms with Crippen LogP contribution in [0.4, 0.5) is 24.0 Å². The predicted molar refractivity (Wildman–Crippen MR) is 107 cm³/mol. The Labute approximate surface area is 178 Å². The van der Waals surface area contributed by atoms with Crippen molar-refractivity contribution in [1.29, 1.82) is 0 Å². The number of anilines is 2. The second-order valence-electron chi connectivity index (χ2n) is 5.80. The number of para-hydroxylation sites is 2. The smallest absolute Gasteiger partial charge is 0.480 e. The SMILES string of the molecule is O=C(COc1ccccc1OC(F)(F)F)Nc1ccc(S(=O)(=O)Nc2nccs2)cc1. The van der Waals surface area contributed by atoms with E-state index in [1.807, 2.05) is 0 Å². The summed E-state index contributed by atoms with van der Waals surface area (Å²) in [5, 5.41) is 4.28. The number of carbonyl (C=O) groups is 1. The summed E-state index contributed by atoms with van der Waals surface area (Å²) in [5.41, 5.74) is 0.265. The van der Waals surface area contributed by atoms with Gasteiger partial charge in [-0.3, -0.25) is 9.52 Å². The van der Waals surface area contributed by atoms with Gasteiger partial charge in [-0.2, -0.15) is 0 Å². The number of hydrogen-bond donors (Lipinski definition) is 2. The molecule has 164 valence electrons. The van der Waals surface area contributed by atoms with Crippen molar-refractivity contribution in [2.24, 2.45) is 0 Å². The molecule has 0 atom stereocenters. The first kappa shape index (κ1) is 22.4. The molecule has 1 heterocycles. The van der Waals surface area contributed by atoms with Crippen molar-refractivity contribution in [1.82, 2.24) is 4.98 Å². The number of rotatable bonds is 8. The first-order valence-corrected chi connectivity index (χ1v) is 10.8. The van der Waals surface area contributed by atoms with E-state index in [9.17, 15) is 26.4 Å². The van der Waals surface area contributed by atoms with Crippen LogP contribution in [0.15, 0.2) is 65.0 Å². The van der Waals surface area contributed by atoms with E-state index in [-0.39, 0.29) is 21.5 Å². The molecule has 0 aliphatic rings. The zero-order valence-electron chi connectivity index (χ0n) is 15.4. The Hall–Kier alpha value is -3.32. The van der Waals surface area contributed by atoms with E-state index in [1.165, 1.54) is 48.7 Å². The molecule has 0 fully saturated rings. The minimum Gasteiger partial charge on any atom is -0.480 e. The van der Waals surface area contributed by atoms with Crippen molar-refractivity contribution in [3.05, 3.63) is 60.1 Å². The highest BCUT2D eigenvalue weighted by Crippen LogP contribution is 2.31. The van der Waals surface area contributed by atoms with Crippen LogP contribution in [0.2, 0.25) is 0 Å². The third-order valence-electron chi connectivity index (χ3n) is 3.54. The van der Waals surface area contributed by atoms with E-state index in [1.54, 1.807) is 5.38 Å². The highest BCUT2D eigenvalue weighted by Gasteiger charge is 2.32. The average Bonchev–Trinajstić information content (AvgIpc) is 3.19. The van der Waals surface area contributed by atoms with Gasteiger partial charge in [0.2, 0.25) is 0 Å². The molecule has 0 unspecified atom stereocenters. The third kappa shape index (κ3) is 6.58. The minimum absolute atomic E-state index is 0.0461. The number of sulfonamides is 1. The molecule has 13 heteroatoms. The van der Waals surface area contributed by atoms with E-state index in [0.29, 0.717) is 0 Å². The summed E-state index contributed by atoms with van der Waals surface area (Å²) in [6.07, 6.45) is -3.45. The molecule has 31 heavy (non-hydrogen) atoms. The topological polar surface area (TPSA) is 107 Å². The minimum atomic E-state index is -4.90. The number of nitrogens with zero attached hydrogens (tertiary/aromatic N) is 1. The molecule has 0 aliphatic heterocycles. The molecule has 0 aliphatic carbocycles. The fourth-order valence-corrected chi connectivity index (χ4v) is 4.07. The van der Waals surface area contributed by atoms with Crippen molar-refractivity contribution >= 4 is 38.1 Å². The molecule has 8 nitrogen and oxygen atoms in total. The first-order chi connectivity index (χ1) is 14.6. The van der Waals surface area contributed by atoms with E-state index in [0.717, 1.165) is 17.4 Å². The maximum Gasteiger partial charge on any atom is 0.573 e. The maximum atomic E-state index is 12.4. The van der Waals surface area contributed by atoms with Gasteiger partial charge in [0.1, 0.15) is 0 Å². The van der Waals surface area contributed by atoms with E-state index in [4.69, 9.17) is 4.74 Å². The number of nitrogens with one attached hydrogen (secondary N) is 2. The van der Waals surface area contributed by atoms with E-state index in [2.05, 4.69) is 19.8 Å². The van der Waals surface area contributed by atoms with Gasteiger partial charge in [-0.25, -0.2) is 13.4 Å². The van der Waals surface area contributed by atoms with Crippen LogP contribution in [0.3, 0.4) is 0 Å². The zero-order valence-corrected chi connectivity index (χ0v) is 17.1. The van der Waals surface area contributed by atoms with Crippen LogP contribution in [0.25, 0.3) is 0 Å². The molecule has 1 amide bonds. The van der Waals surface area contributed by atoms with E-state index < -0.39 is 34.6 Å². The molecule has 3 rings (SSSR count). The van der Waals surface area contributed by atoms with Gasteiger partial charge in [-0.15, -0.1) is 24.5 Å². The molecule has 2 N–H and O–H groups in total. The van der Waals surface area contributed by atoms with Gasteiger partial charge >= 0.3 is 6.36 Å². The summed E-state index contributed by atoms with van der Waals surface area (Å²) in [5.74, 6) is -1.51. The van der Waals surface area contributed by atoms with Gasteiger partial charge in [-0.1, -0.05) is 12.1 Å². The number of carbonyl (C=O) groups excluding carboxylic acids is 1. The van der Waals surface area contributed by atoms with Crippen LogP contribution >= 0.6 is 11.3 Å². The Kier molecular flexibility index (Phi) is 6.65.